The van der Waals surface area contributed by atoms with Crippen LogP contribution in [0.1, 0.15) is 196 Å². The van der Waals surface area contributed by atoms with Crippen molar-refractivity contribution in [1.82, 2.24) is 5.32 Å². The van der Waals surface area contributed by atoms with Crippen molar-refractivity contribution in [3.05, 3.63) is 64.2 Å². The first-order valence-corrected chi connectivity index (χ1v) is 26.1. The van der Waals surface area contributed by atoms with Gasteiger partial charge in [-0.15, -0.1) is 0 Å². The standard InChI is InChI=1S/C25H43N5O.C19H32N6O.C5H12.C3H8.C2H6.CH4N2/c1-18-9-5-6-12-23(18)30-17-22-16-21(15-19(2)24(22)31-4)20(10-7-13-28-3)11-8-14-29-25(26)27;1-4-14-12-16(11-13(2)17(14)26-3)15(7-5-9-24-18(20)21)8-6-10-25-19(22)23;1-3-5-4-2;1-3-2;1-2;2-1-3/h15-18,20,23,28H,5-14H2,1-4H3,(H4,26,27,29);4,11-12,15H,1,5-10H2,2-3H3,(H4,20,21,24)(H4,22,23,25);3-5H2,1-2H3;3H2,1-2H3;1-2H3;1H,(H3,2,3). The fourth-order valence-corrected chi connectivity index (χ4v) is 8.10. The van der Waals surface area contributed by atoms with Gasteiger partial charge in [-0.25, -0.2) is 0 Å². The molecule has 3 atom stereocenters. The van der Waals surface area contributed by atoms with E-state index in [2.05, 4.69) is 105 Å². The van der Waals surface area contributed by atoms with Gasteiger partial charge in [-0.3, -0.25) is 25.4 Å². The fraction of sp³-hybridized carbons (Fsp3) is 0.655. The lowest BCUT2D eigenvalue weighted by molar-refractivity contribution is 0.333. The molecule has 0 saturated heterocycles. The topological polar surface area (TPSA) is 286 Å². The summed E-state index contributed by atoms with van der Waals surface area (Å²) in [5.41, 5.74) is 43.9. The minimum Gasteiger partial charge on any atom is -0.496 e. The van der Waals surface area contributed by atoms with Gasteiger partial charge in [0, 0.05) is 37.0 Å². The molecule has 0 heterocycles. The van der Waals surface area contributed by atoms with E-state index in [0.29, 0.717) is 43.4 Å². The second kappa shape index (κ2) is 46.1. The van der Waals surface area contributed by atoms with Gasteiger partial charge in [-0.05, 0) is 144 Å². The monoisotopic (exact) mass is 980 g/mol. The molecule has 16 N–H and O–H groups in total. The zero-order valence-corrected chi connectivity index (χ0v) is 46.3. The molecule has 0 aromatic heterocycles. The molecule has 1 fully saturated rings. The summed E-state index contributed by atoms with van der Waals surface area (Å²) in [5.74, 6) is 3.71. The number of unbranched alkanes of at least 4 members (excludes halogenated alkanes) is 2. The number of nitrogens with zero attached hydrogens (tertiary/aromatic N) is 4. The molecule has 3 unspecified atom stereocenters. The van der Waals surface area contributed by atoms with Crippen LogP contribution in [0.2, 0.25) is 0 Å². The number of aryl methyl sites for hydroxylation is 2. The first-order chi connectivity index (χ1) is 33.6. The number of nitrogens with two attached hydrogens (primary N) is 7. The molecule has 0 bridgehead atoms. The molecule has 402 valence electrons. The highest BCUT2D eigenvalue weighted by molar-refractivity contribution is 5.85. The van der Waals surface area contributed by atoms with Crippen LogP contribution in [0.15, 0.2) is 50.8 Å². The Hall–Kier alpha value is -5.31. The molecule has 0 amide bonds. The quantitative estimate of drug-likeness (QED) is 0.0258. The number of nitrogens with one attached hydrogen (secondary N) is 2. The van der Waals surface area contributed by atoms with E-state index in [1.54, 1.807) is 14.2 Å². The number of hydrogen-bond acceptors (Lipinski definition) is 8. The highest BCUT2D eigenvalue weighted by atomic mass is 16.5. The van der Waals surface area contributed by atoms with Crippen LogP contribution in [0, 0.1) is 25.2 Å². The molecule has 2 aromatic carbocycles. The van der Waals surface area contributed by atoms with Crippen LogP contribution < -0.4 is 54.9 Å². The van der Waals surface area contributed by atoms with E-state index < -0.39 is 0 Å². The number of hydrogen-bond donors (Lipinski definition) is 9. The second-order valence-electron chi connectivity index (χ2n) is 17.4. The second-order valence-corrected chi connectivity index (χ2v) is 17.4. The average molecular weight is 981 g/mol. The maximum Gasteiger partial charge on any atom is 0.185 e. The molecular weight excluding hydrogens is 875 g/mol. The van der Waals surface area contributed by atoms with Gasteiger partial charge >= 0.3 is 0 Å². The molecule has 1 aliphatic carbocycles. The van der Waals surface area contributed by atoms with Crippen molar-refractivity contribution >= 4 is 36.5 Å². The number of rotatable bonds is 25. The Balaban J connectivity index is -0.00000104. The third kappa shape index (κ3) is 33.3. The molecule has 1 saturated carbocycles. The van der Waals surface area contributed by atoms with E-state index in [0.717, 1.165) is 92.4 Å². The smallest absolute Gasteiger partial charge is 0.185 e. The van der Waals surface area contributed by atoms with Crippen LogP contribution >= 0.6 is 0 Å². The van der Waals surface area contributed by atoms with Crippen molar-refractivity contribution in [2.45, 2.75) is 183 Å². The van der Waals surface area contributed by atoms with Crippen LogP contribution in [0.5, 0.6) is 11.5 Å². The first kappa shape index (κ1) is 69.0. The number of guanidine groups is 3. The number of ether oxygens (including phenoxy) is 2. The third-order valence-electron chi connectivity index (χ3n) is 11.4. The summed E-state index contributed by atoms with van der Waals surface area (Å²) in [5, 5.41) is 9.12. The molecule has 2 aromatic rings. The molecule has 1 aliphatic rings. The maximum atomic E-state index is 5.86. The third-order valence-corrected chi connectivity index (χ3v) is 11.4. The maximum absolute atomic E-state index is 5.86. The largest absolute Gasteiger partial charge is 0.496 e. The highest BCUT2D eigenvalue weighted by Gasteiger charge is 2.21. The Kier molecular flexibility index (Phi) is 45.4. The molecular formula is C55H105N13O2. The summed E-state index contributed by atoms with van der Waals surface area (Å²) >= 11 is 0. The molecule has 0 spiro atoms. The fourth-order valence-electron chi connectivity index (χ4n) is 8.10. The van der Waals surface area contributed by atoms with Crippen LogP contribution in [0.25, 0.3) is 6.08 Å². The van der Waals surface area contributed by atoms with Crippen molar-refractivity contribution in [3.63, 3.8) is 0 Å². The van der Waals surface area contributed by atoms with Crippen molar-refractivity contribution in [3.8, 4) is 11.5 Å². The lowest BCUT2D eigenvalue weighted by atomic mass is 9.86. The molecule has 3 rings (SSSR count). The Labute approximate surface area is 427 Å². The van der Waals surface area contributed by atoms with Gasteiger partial charge in [-0.1, -0.05) is 112 Å². The van der Waals surface area contributed by atoms with Gasteiger partial charge in [0.05, 0.1) is 26.6 Å². The van der Waals surface area contributed by atoms with E-state index in [4.69, 9.17) is 54.3 Å². The van der Waals surface area contributed by atoms with Crippen molar-refractivity contribution in [1.29, 1.82) is 5.41 Å². The summed E-state index contributed by atoms with van der Waals surface area (Å²) in [6.07, 6.45) is 23.1. The zero-order valence-electron chi connectivity index (χ0n) is 46.3. The van der Waals surface area contributed by atoms with E-state index >= 15 is 0 Å². The average Bonchev–Trinajstić information content (AvgIpc) is 3.32. The van der Waals surface area contributed by atoms with Gasteiger partial charge in [-0.2, -0.15) is 0 Å². The number of benzene rings is 2. The molecule has 0 aliphatic heterocycles. The van der Waals surface area contributed by atoms with Gasteiger partial charge in [0.15, 0.2) is 17.9 Å². The van der Waals surface area contributed by atoms with Crippen LogP contribution in [-0.4, -0.2) is 83.9 Å². The van der Waals surface area contributed by atoms with Crippen LogP contribution in [0.3, 0.4) is 0 Å². The normalized spacial score (nSPS) is 13.8. The molecule has 0 radical (unpaired) electrons. The van der Waals surface area contributed by atoms with Gasteiger partial charge in [0.2, 0.25) is 0 Å². The Morgan fingerprint density at radius 1 is 0.700 bits per heavy atom. The summed E-state index contributed by atoms with van der Waals surface area (Å²) in [7, 11) is 5.44. The molecule has 70 heavy (non-hydrogen) atoms. The van der Waals surface area contributed by atoms with Crippen molar-refractivity contribution < 1.29 is 9.47 Å². The van der Waals surface area contributed by atoms with Crippen molar-refractivity contribution in [2.24, 2.45) is 66.0 Å². The summed E-state index contributed by atoms with van der Waals surface area (Å²) in [6, 6.07) is 9.31. The first-order valence-electron chi connectivity index (χ1n) is 26.1. The molecule has 15 heteroatoms. The SMILES string of the molecule is C=Cc1cc(C(CCCN=C(N)N)CCCN=C(N)N)cc(C)c1OC.CC.CCC.CCCCC.CNCCCC(CCCN=C(N)N)c1cc(C)c(OC)c(C=NC2CCCCC2C)c1.N=CN. The predicted octanol–water partition coefficient (Wildman–Crippen LogP) is 10.2. The lowest BCUT2D eigenvalue weighted by Gasteiger charge is -2.25. The Bertz CT molecular complexity index is 1710. The van der Waals surface area contributed by atoms with Crippen LogP contribution in [0.4, 0.5) is 0 Å². The van der Waals surface area contributed by atoms with Gasteiger partial charge < -0.3 is 54.9 Å². The Morgan fingerprint density at radius 2 is 1.09 bits per heavy atom. The molecule has 15 nitrogen and oxygen atoms in total. The summed E-state index contributed by atoms with van der Waals surface area (Å²) < 4.78 is 11.2. The van der Waals surface area contributed by atoms with E-state index in [-0.39, 0.29) is 17.9 Å². The number of methoxy groups -OCH3 is 2. The minimum absolute atomic E-state index is 0.128. The minimum atomic E-state index is 0.128. The zero-order chi connectivity index (χ0) is 53.7. The number of aliphatic imine (C=N–C) groups is 4. The van der Waals surface area contributed by atoms with Gasteiger partial charge in [0.1, 0.15) is 11.5 Å². The van der Waals surface area contributed by atoms with E-state index in [9.17, 15) is 0 Å². The van der Waals surface area contributed by atoms with E-state index in [1.165, 1.54) is 68.1 Å². The summed E-state index contributed by atoms with van der Waals surface area (Å²) in [6.45, 7) is 26.0. The highest BCUT2D eigenvalue weighted by Crippen LogP contribution is 2.35. The summed E-state index contributed by atoms with van der Waals surface area (Å²) in [4.78, 5) is 17.3. The van der Waals surface area contributed by atoms with E-state index in [1.807, 2.05) is 33.9 Å². The lowest BCUT2D eigenvalue weighted by Crippen LogP contribution is -2.23. The van der Waals surface area contributed by atoms with Crippen LogP contribution in [-0.2, 0) is 0 Å². The van der Waals surface area contributed by atoms with Gasteiger partial charge in [0.25, 0.3) is 0 Å². The van der Waals surface area contributed by atoms with Crippen molar-refractivity contribution in [2.75, 3.05) is 47.4 Å². The predicted molar refractivity (Wildman–Crippen MR) is 308 cm³/mol. The Morgan fingerprint density at radius 3 is 1.43 bits per heavy atom.